The Labute approximate surface area is 132 Å². The predicted molar refractivity (Wildman–Crippen MR) is 83.7 cm³/mol. The van der Waals surface area contributed by atoms with Crippen LogP contribution in [-0.4, -0.2) is 43.2 Å². The van der Waals surface area contributed by atoms with E-state index in [4.69, 9.17) is 9.15 Å². The maximum Gasteiger partial charge on any atom is 0.287 e. The van der Waals surface area contributed by atoms with Crippen LogP contribution in [0.1, 0.15) is 48.9 Å². The SMILES string of the molecule is CC1CCN(Cc2ccc(C(=O)NCC3CCCO3)o2)CC1. The van der Waals surface area contributed by atoms with Gasteiger partial charge < -0.3 is 14.5 Å². The van der Waals surface area contributed by atoms with Crippen LogP contribution in [0.5, 0.6) is 0 Å². The fourth-order valence-electron chi connectivity index (χ4n) is 3.12. The summed E-state index contributed by atoms with van der Waals surface area (Å²) in [6.07, 6.45) is 4.76. The van der Waals surface area contributed by atoms with Crippen LogP contribution < -0.4 is 5.32 Å². The van der Waals surface area contributed by atoms with Crippen LogP contribution in [0.25, 0.3) is 0 Å². The molecule has 5 heteroatoms. The average Bonchev–Trinajstić information content (AvgIpc) is 3.19. The van der Waals surface area contributed by atoms with Crippen LogP contribution in [0.15, 0.2) is 16.5 Å². The van der Waals surface area contributed by atoms with Crippen LogP contribution in [0.4, 0.5) is 0 Å². The van der Waals surface area contributed by atoms with E-state index >= 15 is 0 Å². The highest BCUT2D eigenvalue weighted by atomic mass is 16.5. The molecular weight excluding hydrogens is 280 g/mol. The Hall–Kier alpha value is -1.33. The lowest BCUT2D eigenvalue weighted by molar-refractivity contribution is 0.0831. The summed E-state index contributed by atoms with van der Waals surface area (Å²) in [7, 11) is 0. The van der Waals surface area contributed by atoms with Gasteiger partial charge in [-0.3, -0.25) is 9.69 Å². The van der Waals surface area contributed by atoms with Crippen molar-refractivity contribution >= 4 is 5.91 Å². The van der Waals surface area contributed by atoms with Gasteiger partial charge in [0.25, 0.3) is 5.91 Å². The second-order valence-corrected chi connectivity index (χ2v) is 6.57. The number of amides is 1. The highest BCUT2D eigenvalue weighted by Gasteiger charge is 2.20. The molecule has 0 radical (unpaired) electrons. The molecule has 1 N–H and O–H groups in total. The van der Waals surface area contributed by atoms with Gasteiger partial charge in [-0.2, -0.15) is 0 Å². The molecule has 1 amide bonds. The van der Waals surface area contributed by atoms with Gasteiger partial charge in [-0.05, 0) is 56.8 Å². The van der Waals surface area contributed by atoms with E-state index in [0.717, 1.165) is 50.8 Å². The third-order valence-corrected chi connectivity index (χ3v) is 4.66. The number of hydrogen-bond acceptors (Lipinski definition) is 4. The summed E-state index contributed by atoms with van der Waals surface area (Å²) >= 11 is 0. The van der Waals surface area contributed by atoms with Crippen molar-refractivity contribution in [3.05, 3.63) is 23.7 Å². The maximum absolute atomic E-state index is 12.1. The summed E-state index contributed by atoms with van der Waals surface area (Å²) in [6, 6.07) is 3.69. The largest absolute Gasteiger partial charge is 0.455 e. The van der Waals surface area contributed by atoms with Crippen LogP contribution in [-0.2, 0) is 11.3 Å². The van der Waals surface area contributed by atoms with E-state index < -0.39 is 0 Å². The Balaban J connectivity index is 1.46. The van der Waals surface area contributed by atoms with E-state index in [1.54, 1.807) is 6.07 Å². The lowest BCUT2D eigenvalue weighted by Crippen LogP contribution is -2.32. The van der Waals surface area contributed by atoms with Crippen LogP contribution in [0, 0.1) is 5.92 Å². The molecule has 1 aromatic rings. The van der Waals surface area contributed by atoms with E-state index in [9.17, 15) is 4.79 Å². The Morgan fingerprint density at radius 3 is 2.86 bits per heavy atom. The number of nitrogens with one attached hydrogen (secondary N) is 1. The number of carbonyl (C=O) groups excluding carboxylic acids is 1. The Bertz CT molecular complexity index is 486. The molecule has 0 aromatic carbocycles. The first-order valence-electron chi connectivity index (χ1n) is 8.41. The van der Waals surface area contributed by atoms with Crippen LogP contribution in [0.2, 0.25) is 0 Å². The smallest absolute Gasteiger partial charge is 0.287 e. The molecule has 0 saturated carbocycles. The van der Waals surface area contributed by atoms with E-state index in [2.05, 4.69) is 17.1 Å². The number of carbonyl (C=O) groups is 1. The zero-order valence-electron chi connectivity index (χ0n) is 13.3. The van der Waals surface area contributed by atoms with Gasteiger partial charge >= 0.3 is 0 Å². The number of piperidine rings is 1. The molecule has 122 valence electrons. The first kappa shape index (κ1) is 15.6. The Kier molecular flexibility index (Phi) is 5.16. The fourth-order valence-corrected chi connectivity index (χ4v) is 3.12. The van der Waals surface area contributed by atoms with Gasteiger partial charge in [-0.1, -0.05) is 6.92 Å². The second kappa shape index (κ2) is 7.29. The molecule has 3 rings (SSSR count). The van der Waals surface area contributed by atoms with Gasteiger partial charge in [-0.15, -0.1) is 0 Å². The van der Waals surface area contributed by atoms with Crippen LogP contribution >= 0.6 is 0 Å². The number of nitrogens with zero attached hydrogens (tertiary/aromatic N) is 1. The number of ether oxygens (including phenoxy) is 1. The third kappa shape index (κ3) is 4.11. The monoisotopic (exact) mass is 306 g/mol. The molecule has 1 unspecified atom stereocenters. The fraction of sp³-hybridized carbons (Fsp3) is 0.706. The van der Waals surface area contributed by atoms with Crippen LogP contribution in [0.3, 0.4) is 0 Å². The maximum atomic E-state index is 12.1. The van der Waals surface area contributed by atoms with Crippen molar-refractivity contribution < 1.29 is 13.9 Å². The summed E-state index contributed by atoms with van der Waals surface area (Å²) in [5.41, 5.74) is 0. The summed E-state index contributed by atoms with van der Waals surface area (Å²) in [4.78, 5) is 14.5. The number of likely N-dealkylation sites (tertiary alicyclic amines) is 1. The van der Waals surface area contributed by atoms with Gasteiger partial charge in [-0.25, -0.2) is 0 Å². The van der Waals surface area contributed by atoms with Gasteiger partial charge in [0.15, 0.2) is 5.76 Å². The highest BCUT2D eigenvalue weighted by Crippen LogP contribution is 2.19. The van der Waals surface area contributed by atoms with Crippen molar-refractivity contribution in [1.29, 1.82) is 0 Å². The molecule has 0 spiro atoms. The molecule has 2 aliphatic heterocycles. The third-order valence-electron chi connectivity index (χ3n) is 4.66. The molecule has 1 aromatic heterocycles. The van der Waals surface area contributed by atoms with Crippen molar-refractivity contribution in [3.63, 3.8) is 0 Å². The topological polar surface area (TPSA) is 54.7 Å². The minimum Gasteiger partial charge on any atom is -0.455 e. The molecule has 0 aliphatic carbocycles. The van der Waals surface area contributed by atoms with E-state index in [-0.39, 0.29) is 12.0 Å². The van der Waals surface area contributed by atoms with Crippen molar-refractivity contribution in [3.8, 4) is 0 Å². The number of hydrogen-bond donors (Lipinski definition) is 1. The lowest BCUT2D eigenvalue weighted by Gasteiger charge is -2.29. The molecule has 5 nitrogen and oxygen atoms in total. The van der Waals surface area contributed by atoms with E-state index in [1.165, 1.54) is 12.8 Å². The summed E-state index contributed by atoms with van der Waals surface area (Å²) in [5, 5.41) is 2.89. The normalized spacial score (nSPS) is 23.8. The number of furan rings is 1. The Morgan fingerprint density at radius 1 is 1.32 bits per heavy atom. The van der Waals surface area contributed by atoms with E-state index in [1.807, 2.05) is 6.07 Å². The van der Waals surface area contributed by atoms with Crippen molar-refractivity contribution in [2.45, 2.75) is 45.3 Å². The van der Waals surface area contributed by atoms with Gasteiger partial charge in [0.2, 0.25) is 0 Å². The van der Waals surface area contributed by atoms with Gasteiger partial charge in [0.1, 0.15) is 5.76 Å². The first-order valence-corrected chi connectivity index (χ1v) is 8.41. The lowest BCUT2D eigenvalue weighted by atomic mass is 9.99. The predicted octanol–water partition coefficient (Wildman–Crippen LogP) is 2.42. The van der Waals surface area contributed by atoms with Gasteiger partial charge in [0.05, 0.1) is 12.6 Å². The minimum absolute atomic E-state index is 0.144. The summed E-state index contributed by atoms with van der Waals surface area (Å²) in [5.74, 6) is 1.95. The first-order chi connectivity index (χ1) is 10.7. The molecule has 1 atom stereocenters. The molecule has 0 bridgehead atoms. The van der Waals surface area contributed by atoms with E-state index in [0.29, 0.717) is 12.3 Å². The summed E-state index contributed by atoms with van der Waals surface area (Å²) in [6.45, 7) is 6.70. The average molecular weight is 306 g/mol. The minimum atomic E-state index is -0.144. The highest BCUT2D eigenvalue weighted by molar-refractivity contribution is 5.91. The standard InChI is InChI=1S/C17H26N2O3/c1-13-6-8-19(9-7-13)12-15-4-5-16(22-15)17(20)18-11-14-3-2-10-21-14/h4-5,13-14H,2-3,6-12H2,1H3,(H,18,20). The second-order valence-electron chi connectivity index (χ2n) is 6.57. The quantitative estimate of drug-likeness (QED) is 0.908. The van der Waals surface area contributed by atoms with Crippen molar-refractivity contribution in [1.82, 2.24) is 10.2 Å². The molecule has 3 heterocycles. The van der Waals surface area contributed by atoms with Crippen molar-refractivity contribution in [2.75, 3.05) is 26.2 Å². The molecule has 2 fully saturated rings. The Morgan fingerprint density at radius 2 is 2.14 bits per heavy atom. The number of rotatable bonds is 5. The van der Waals surface area contributed by atoms with Gasteiger partial charge in [0, 0.05) is 13.2 Å². The summed E-state index contributed by atoms with van der Waals surface area (Å²) < 4.78 is 11.2. The van der Waals surface area contributed by atoms with Crippen molar-refractivity contribution in [2.24, 2.45) is 5.92 Å². The molecule has 2 saturated heterocycles. The zero-order chi connectivity index (χ0) is 15.4. The zero-order valence-corrected chi connectivity index (χ0v) is 13.3. The molecule has 2 aliphatic rings. The molecule has 22 heavy (non-hydrogen) atoms. The molecular formula is C17H26N2O3.